The van der Waals surface area contributed by atoms with E-state index in [0.717, 1.165) is 10.5 Å². The molecule has 5 nitrogen and oxygen atoms in total. The van der Waals surface area contributed by atoms with Gasteiger partial charge in [0.2, 0.25) is 0 Å². The molecule has 140 valence electrons. The van der Waals surface area contributed by atoms with Gasteiger partial charge >= 0.3 is 5.97 Å². The van der Waals surface area contributed by atoms with Crippen LogP contribution in [0.15, 0.2) is 47.4 Å². The van der Waals surface area contributed by atoms with Crippen LogP contribution in [0.1, 0.15) is 22.3 Å². The first-order valence-electron chi connectivity index (χ1n) is 8.21. The second-order valence-electron chi connectivity index (χ2n) is 5.66. The van der Waals surface area contributed by atoms with Gasteiger partial charge in [0.05, 0.1) is 18.1 Å². The minimum Gasteiger partial charge on any atom is -0.452 e. The molecular weight excluding hydrogens is 384 g/mol. The van der Waals surface area contributed by atoms with E-state index < -0.39 is 18.5 Å². The Bertz CT molecular complexity index is 880. The second-order valence-corrected chi connectivity index (χ2v) is 6.92. The Morgan fingerprint density at radius 1 is 1.26 bits per heavy atom. The zero-order chi connectivity index (χ0) is 19.8. The molecule has 0 aromatic heterocycles. The molecule has 0 N–H and O–H groups in total. The Morgan fingerprint density at radius 3 is 2.67 bits per heavy atom. The third-order valence-electron chi connectivity index (χ3n) is 3.86. The zero-order valence-corrected chi connectivity index (χ0v) is 16.6. The summed E-state index contributed by atoms with van der Waals surface area (Å²) in [5.41, 5.74) is 1.84. The molecular formula is C20H19ClN2O3S. The van der Waals surface area contributed by atoms with Crippen LogP contribution in [0.4, 0.5) is 5.69 Å². The van der Waals surface area contributed by atoms with E-state index in [1.54, 1.807) is 30.3 Å². The molecule has 2 aromatic carbocycles. The number of nitrogens with zero attached hydrogens (tertiary/aromatic N) is 2. The normalized spacial score (nSPS) is 10.1. The molecule has 0 bridgehead atoms. The van der Waals surface area contributed by atoms with Crippen LogP contribution in [-0.2, 0) is 9.53 Å². The fourth-order valence-electron chi connectivity index (χ4n) is 2.45. The molecule has 0 aliphatic carbocycles. The molecule has 0 unspecified atom stereocenters. The van der Waals surface area contributed by atoms with Gasteiger partial charge in [0.1, 0.15) is 0 Å². The molecule has 0 atom stereocenters. The summed E-state index contributed by atoms with van der Waals surface area (Å²) >= 11 is 7.47. The molecule has 7 heteroatoms. The van der Waals surface area contributed by atoms with Crippen molar-refractivity contribution in [3.8, 4) is 6.07 Å². The van der Waals surface area contributed by atoms with Crippen LogP contribution < -0.4 is 4.90 Å². The maximum absolute atomic E-state index is 12.6. The molecule has 0 spiro atoms. The average Bonchev–Trinajstić information content (AvgIpc) is 2.68. The number of anilines is 1. The Hall–Kier alpha value is -2.49. The highest BCUT2D eigenvalue weighted by atomic mass is 35.5. The van der Waals surface area contributed by atoms with E-state index in [0.29, 0.717) is 16.3 Å². The van der Waals surface area contributed by atoms with Crippen molar-refractivity contribution in [2.75, 3.05) is 24.3 Å². The topological polar surface area (TPSA) is 70.4 Å². The lowest BCUT2D eigenvalue weighted by atomic mass is 10.2. The van der Waals surface area contributed by atoms with E-state index in [-0.39, 0.29) is 13.0 Å². The first-order valence-corrected chi connectivity index (χ1v) is 9.81. The van der Waals surface area contributed by atoms with E-state index in [9.17, 15) is 9.59 Å². The number of hydrogen-bond donors (Lipinski definition) is 0. The Kier molecular flexibility index (Phi) is 7.71. The third kappa shape index (κ3) is 5.49. The van der Waals surface area contributed by atoms with E-state index in [4.69, 9.17) is 21.6 Å². The predicted molar refractivity (Wildman–Crippen MR) is 107 cm³/mol. The molecule has 0 aliphatic rings. The van der Waals surface area contributed by atoms with Crippen LogP contribution in [0, 0.1) is 18.3 Å². The highest BCUT2D eigenvalue weighted by molar-refractivity contribution is 7.98. The molecule has 0 heterocycles. The lowest BCUT2D eigenvalue weighted by molar-refractivity contribution is -0.121. The number of halogens is 1. The summed E-state index contributed by atoms with van der Waals surface area (Å²) in [5, 5.41) is 9.46. The number of amides is 1. The van der Waals surface area contributed by atoms with Gasteiger partial charge in [-0.2, -0.15) is 5.26 Å². The van der Waals surface area contributed by atoms with Crippen LogP contribution in [0.2, 0.25) is 5.02 Å². The summed E-state index contributed by atoms with van der Waals surface area (Å²) in [6.45, 7) is 1.63. The summed E-state index contributed by atoms with van der Waals surface area (Å²) in [6, 6.07) is 14.2. The molecule has 1 amide bonds. The number of ether oxygens (including phenoxy) is 1. The second kappa shape index (κ2) is 10.0. The number of aryl methyl sites for hydroxylation is 1. The maximum atomic E-state index is 12.6. The third-order valence-corrected chi connectivity index (χ3v) is 5.07. The van der Waals surface area contributed by atoms with E-state index >= 15 is 0 Å². The van der Waals surface area contributed by atoms with Gasteiger partial charge in [-0.25, -0.2) is 4.79 Å². The smallest absolute Gasteiger partial charge is 0.339 e. The van der Waals surface area contributed by atoms with Gasteiger partial charge in [0.15, 0.2) is 6.61 Å². The minimum atomic E-state index is -0.555. The van der Waals surface area contributed by atoms with Crippen molar-refractivity contribution in [3.63, 3.8) is 0 Å². The van der Waals surface area contributed by atoms with Gasteiger partial charge in [-0.1, -0.05) is 23.7 Å². The van der Waals surface area contributed by atoms with Crippen molar-refractivity contribution in [1.82, 2.24) is 0 Å². The summed E-state index contributed by atoms with van der Waals surface area (Å²) in [6.07, 6.45) is 2.03. The number of esters is 1. The SMILES string of the molecule is CSc1ccccc1C(=O)OCC(=O)N(CCC#N)c1ccc(Cl)c(C)c1. The standard InChI is InChI=1S/C20H19ClN2O3S/c1-14-12-15(8-9-17(14)21)23(11-5-10-22)19(24)13-26-20(25)16-6-3-4-7-18(16)27-2/h3-4,6-9,12H,5,11,13H2,1-2H3. The minimum absolute atomic E-state index is 0.163. The van der Waals surface area contributed by atoms with Crippen LogP contribution in [0.25, 0.3) is 0 Å². The number of nitriles is 1. The van der Waals surface area contributed by atoms with Gasteiger partial charge in [0, 0.05) is 22.2 Å². The van der Waals surface area contributed by atoms with Crippen LogP contribution in [0.5, 0.6) is 0 Å². The first kappa shape index (κ1) is 20.8. The quantitative estimate of drug-likeness (QED) is 0.504. The maximum Gasteiger partial charge on any atom is 0.339 e. The first-order chi connectivity index (χ1) is 13.0. The monoisotopic (exact) mass is 402 g/mol. The number of rotatable bonds is 7. The fourth-order valence-corrected chi connectivity index (χ4v) is 3.16. The molecule has 0 saturated heterocycles. The number of benzene rings is 2. The van der Waals surface area contributed by atoms with Gasteiger partial charge in [-0.05, 0) is 49.1 Å². The largest absolute Gasteiger partial charge is 0.452 e. The Labute approximate surface area is 167 Å². The van der Waals surface area contributed by atoms with Crippen LogP contribution in [0.3, 0.4) is 0 Å². The predicted octanol–water partition coefficient (Wildman–Crippen LogP) is 4.47. The van der Waals surface area contributed by atoms with Gasteiger partial charge in [0.25, 0.3) is 5.91 Å². The summed E-state index contributed by atoms with van der Waals surface area (Å²) in [4.78, 5) is 27.2. The Morgan fingerprint density at radius 2 is 2.00 bits per heavy atom. The summed E-state index contributed by atoms with van der Waals surface area (Å²) < 4.78 is 5.22. The van der Waals surface area contributed by atoms with E-state index in [2.05, 4.69) is 0 Å². The molecule has 2 rings (SSSR count). The van der Waals surface area contributed by atoms with Crippen molar-refractivity contribution in [1.29, 1.82) is 5.26 Å². The van der Waals surface area contributed by atoms with Crippen molar-refractivity contribution < 1.29 is 14.3 Å². The molecule has 0 saturated carbocycles. The van der Waals surface area contributed by atoms with Crippen molar-refractivity contribution in [2.24, 2.45) is 0 Å². The van der Waals surface area contributed by atoms with Gasteiger partial charge in [-0.15, -0.1) is 11.8 Å². The van der Waals surface area contributed by atoms with Crippen LogP contribution >= 0.6 is 23.4 Å². The molecule has 2 aromatic rings. The van der Waals surface area contributed by atoms with Crippen LogP contribution in [-0.4, -0.2) is 31.3 Å². The van der Waals surface area contributed by atoms with Crippen molar-refractivity contribution in [3.05, 3.63) is 58.6 Å². The van der Waals surface area contributed by atoms with Crippen molar-refractivity contribution in [2.45, 2.75) is 18.2 Å². The van der Waals surface area contributed by atoms with Gasteiger partial charge in [-0.3, -0.25) is 4.79 Å². The fraction of sp³-hybridized carbons (Fsp3) is 0.250. The molecule has 0 radical (unpaired) electrons. The van der Waals surface area contributed by atoms with Crippen molar-refractivity contribution >= 4 is 40.9 Å². The zero-order valence-electron chi connectivity index (χ0n) is 15.1. The average molecular weight is 403 g/mol. The number of carbonyl (C=O) groups is 2. The Balaban J connectivity index is 2.12. The molecule has 0 fully saturated rings. The summed E-state index contributed by atoms with van der Waals surface area (Å²) in [5.74, 6) is -0.956. The van der Waals surface area contributed by atoms with E-state index in [1.807, 2.05) is 31.4 Å². The molecule has 0 aliphatic heterocycles. The molecule has 27 heavy (non-hydrogen) atoms. The van der Waals surface area contributed by atoms with E-state index in [1.165, 1.54) is 16.7 Å². The lowest BCUT2D eigenvalue weighted by Gasteiger charge is -2.22. The highest BCUT2D eigenvalue weighted by Gasteiger charge is 2.19. The van der Waals surface area contributed by atoms with Gasteiger partial charge < -0.3 is 9.64 Å². The lowest BCUT2D eigenvalue weighted by Crippen LogP contribution is -2.35. The highest BCUT2D eigenvalue weighted by Crippen LogP contribution is 2.24. The number of hydrogen-bond acceptors (Lipinski definition) is 5. The summed E-state index contributed by atoms with van der Waals surface area (Å²) in [7, 11) is 0. The number of thioether (sulfide) groups is 1. The number of carbonyl (C=O) groups excluding carboxylic acids is 2.